The van der Waals surface area contributed by atoms with Crippen LogP contribution in [-0.2, 0) is 10.2 Å². The van der Waals surface area contributed by atoms with Gasteiger partial charge >= 0.3 is 0 Å². The predicted molar refractivity (Wildman–Crippen MR) is 119 cm³/mol. The Morgan fingerprint density at radius 1 is 1.07 bits per heavy atom. The van der Waals surface area contributed by atoms with E-state index in [9.17, 15) is 9.18 Å². The van der Waals surface area contributed by atoms with Gasteiger partial charge in [0.2, 0.25) is 5.91 Å². The van der Waals surface area contributed by atoms with Gasteiger partial charge in [0.1, 0.15) is 5.82 Å². The average Bonchev–Trinajstić information content (AvgIpc) is 2.62. The number of carbonyl (C=O) groups excluding carboxylic acids is 1. The second-order valence-corrected chi connectivity index (χ2v) is 6.59. The first-order valence-electron chi connectivity index (χ1n) is 8.46. The minimum atomic E-state index is -0.392. The zero-order valence-corrected chi connectivity index (χ0v) is 18.1. The molecule has 0 unspecified atom stereocenters. The van der Waals surface area contributed by atoms with Crippen LogP contribution in [0.2, 0.25) is 0 Å². The van der Waals surface area contributed by atoms with Crippen LogP contribution in [0.1, 0.15) is 19.4 Å². The van der Waals surface area contributed by atoms with Crippen molar-refractivity contribution in [1.82, 2.24) is 10.6 Å². The topological polar surface area (TPSA) is 65.5 Å². The van der Waals surface area contributed by atoms with Gasteiger partial charge in [-0.15, -0.1) is 24.0 Å². The summed E-state index contributed by atoms with van der Waals surface area (Å²) in [6.45, 7) is 4.96. The number of hydrogen-bond donors (Lipinski definition) is 3. The van der Waals surface area contributed by atoms with Crippen LogP contribution in [-0.4, -0.2) is 32.0 Å². The van der Waals surface area contributed by atoms with Gasteiger partial charge in [-0.05, 0) is 23.8 Å². The molecular weight excluding hydrogens is 458 g/mol. The van der Waals surface area contributed by atoms with E-state index in [1.54, 1.807) is 19.2 Å². The summed E-state index contributed by atoms with van der Waals surface area (Å²) in [5.74, 6) is -0.138. The first-order chi connectivity index (χ1) is 12.4. The number of guanidine groups is 1. The van der Waals surface area contributed by atoms with Crippen molar-refractivity contribution in [2.24, 2.45) is 4.99 Å². The summed E-state index contributed by atoms with van der Waals surface area (Å²) in [5.41, 5.74) is 1.54. The van der Waals surface area contributed by atoms with Crippen molar-refractivity contribution >= 4 is 41.5 Å². The minimum absolute atomic E-state index is 0. The monoisotopic (exact) mass is 484 g/mol. The highest BCUT2D eigenvalue weighted by Gasteiger charge is 2.20. The molecule has 2 aromatic rings. The number of amides is 1. The second-order valence-electron chi connectivity index (χ2n) is 6.59. The number of hydrogen-bond acceptors (Lipinski definition) is 2. The first-order valence-corrected chi connectivity index (χ1v) is 8.46. The number of halogens is 2. The number of nitrogens with one attached hydrogen (secondary N) is 3. The molecule has 1 amide bonds. The summed E-state index contributed by atoms with van der Waals surface area (Å²) < 4.78 is 13.1. The molecule has 2 aromatic carbocycles. The zero-order chi connectivity index (χ0) is 19.0. The van der Waals surface area contributed by atoms with Gasteiger partial charge in [0.15, 0.2) is 5.96 Å². The third kappa shape index (κ3) is 7.54. The Labute approximate surface area is 176 Å². The summed E-state index contributed by atoms with van der Waals surface area (Å²) in [7, 11) is 1.65. The van der Waals surface area contributed by atoms with Crippen molar-refractivity contribution in [3.05, 3.63) is 66.0 Å². The molecule has 3 N–H and O–H groups in total. The SMILES string of the molecule is CN=C(NCC(=O)Nc1cccc(F)c1)NCC(C)(C)c1ccccc1.I. The minimum Gasteiger partial charge on any atom is -0.356 e. The van der Waals surface area contributed by atoms with Crippen molar-refractivity contribution in [2.75, 3.05) is 25.5 Å². The standard InChI is InChI=1S/C20H25FN4O.HI/c1-20(2,15-8-5-4-6-9-15)14-24-19(22-3)23-13-18(26)25-17-11-7-10-16(21)12-17;/h4-12H,13-14H2,1-3H3,(H,25,26)(H2,22,23,24);1H. The molecule has 0 saturated heterocycles. The van der Waals surface area contributed by atoms with Crippen LogP contribution in [0, 0.1) is 5.82 Å². The maximum atomic E-state index is 13.1. The third-order valence-electron chi connectivity index (χ3n) is 4.00. The van der Waals surface area contributed by atoms with Gasteiger partial charge in [0, 0.05) is 24.7 Å². The van der Waals surface area contributed by atoms with E-state index >= 15 is 0 Å². The van der Waals surface area contributed by atoms with Gasteiger partial charge in [-0.2, -0.15) is 0 Å². The molecule has 0 fully saturated rings. The van der Waals surface area contributed by atoms with E-state index in [0.29, 0.717) is 18.2 Å². The number of carbonyl (C=O) groups is 1. The van der Waals surface area contributed by atoms with Crippen molar-refractivity contribution in [2.45, 2.75) is 19.3 Å². The van der Waals surface area contributed by atoms with Crippen LogP contribution in [0.5, 0.6) is 0 Å². The van der Waals surface area contributed by atoms with E-state index in [-0.39, 0.29) is 41.8 Å². The smallest absolute Gasteiger partial charge is 0.243 e. The van der Waals surface area contributed by atoms with Crippen LogP contribution in [0.25, 0.3) is 0 Å². The molecule has 0 radical (unpaired) electrons. The summed E-state index contributed by atoms with van der Waals surface area (Å²) in [6.07, 6.45) is 0. The molecule has 0 bridgehead atoms. The average molecular weight is 484 g/mol. The molecule has 0 aliphatic carbocycles. The fourth-order valence-electron chi connectivity index (χ4n) is 2.45. The lowest BCUT2D eigenvalue weighted by Crippen LogP contribution is -2.45. The predicted octanol–water partition coefficient (Wildman–Crippen LogP) is 3.53. The molecule has 0 aliphatic rings. The van der Waals surface area contributed by atoms with E-state index in [4.69, 9.17) is 0 Å². The number of aliphatic imine (C=N–C) groups is 1. The lowest BCUT2D eigenvalue weighted by molar-refractivity contribution is -0.115. The van der Waals surface area contributed by atoms with Gasteiger partial charge in [0.05, 0.1) is 6.54 Å². The molecule has 5 nitrogen and oxygen atoms in total. The molecule has 27 heavy (non-hydrogen) atoms. The Morgan fingerprint density at radius 3 is 2.41 bits per heavy atom. The molecular formula is C20H26FIN4O. The lowest BCUT2D eigenvalue weighted by Gasteiger charge is -2.26. The number of anilines is 1. The highest BCUT2D eigenvalue weighted by molar-refractivity contribution is 14.0. The summed E-state index contributed by atoms with van der Waals surface area (Å²) >= 11 is 0. The molecule has 146 valence electrons. The zero-order valence-electron chi connectivity index (χ0n) is 15.8. The van der Waals surface area contributed by atoms with Crippen molar-refractivity contribution < 1.29 is 9.18 Å². The van der Waals surface area contributed by atoms with Gasteiger partial charge in [-0.1, -0.05) is 50.2 Å². The van der Waals surface area contributed by atoms with Gasteiger partial charge in [-0.3, -0.25) is 9.79 Å². The Bertz CT molecular complexity index is 766. The van der Waals surface area contributed by atoms with Crippen LogP contribution >= 0.6 is 24.0 Å². The summed E-state index contributed by atoms with van der Waals surface area (Å²) in [5, 5.41) is 8.83. The quantitative estimate of drug-likeness (QED) is 0.334. The molecule has 0 aliphatic heterocycles. The Balaban J connectivity index is 0.00000364. The molecule has 0 atom stereocenters. The fraction of sp³-hybridized carbons (Fsp3) is 0.300. The fourth-order valence-corrected chi connectivity index (χ4v) is 2.45. The highest BCUT2D eigenvalue weighted by atomic mass is 127. The van der Waals surface area contributed by atoms with Crippen molar-refractivity contribution in [3.63, 3.8) is 0 Å². The molecule has 0 saturated carbocycles. The van der Waals surface area contributed by atoms with E-state index in [1.165, 1.54) is 17.7 Å². The largest absolute Gasteiger partial charge is 0.356 e. The maximum absolute atomic E-state index is 13.1. The molecule has 7 heteroatoms. The Hall–Kier alpha value is -2.16. The van der Waals surface area contributed by atoms with Crippen LogP contribution < -0.4 is 16.0 Å². The van der Waals surface area contributed by atoms with E-state index in [1.807, 2.05) is 18.2 Å². The number of rotatable bonds is 6. The second kappa shape index (κ2) is 10.9. The van der Waals surface area contributed by atoms with Gasteiger partial charge in [0.25, 0.3) is 0 Å². The van der Waals surface area contributed by atoms with Gasteiger partial charge in [-0.25, -0.2) is 4.39 Å². The first kappa shape index (κ1) is 22.9. The Morgan fingerprint density at radius 2 is 1.78 bits per heavy atom. The molecule has 0 aromatic heterocycles. The van der Waals surface area contributed by atoms with Crippen molar-refractivity contribution in [3.8, 4) is 0 Å². The van der Waals surface area contributed by atoms with Crippen LogP contribution in [0.4, 0.5) is 10.1 Å². The lowest BCUT2D eigenvalue weighted by atomic mass is 9.85. The van der Waals surface area contributed by atoms with Crippen LogP contribution in [0.3, 0.4) is 0 Å². The van der Waals surface area contributed by atoms with E-state index < -0.39 is 5.82 Å². The van der Waals surface area contributed by atoms with Crippen molar-refractivity contribution in [1.29, 1.82) is 0 Å². The molecule has 0 heterocycles. The van der Waals surface area contributed by atoms with E-state index in [0.717, 1.165) is 0 Å². The van der Waals surface area contributed by atoms with E-state index in [2.05, 4.69) is 46.9 Å². The third-order valence-corrected chi connectivity index (χ3v) is 4.00. The highest BCUT2D eigenvalue weighted by Crippen LogP contribution is 2.21. The summed E-state index contributed by atoms with van der Waals surface area (Å²) in [6, 6.07) is 16.0. The number of nitrogens with zero attached hydrogens (tertiary/aromatic N) is 1. The molecule has 0 spiro atoms. The Kier molecular flexibility index (Phi) is 9.20. The normalized spacial score (nSPS) is 11.3. The molecule has 2 rings (SSSR count). The number of benzene rings is 2. The van der Waals surface area contributed by atoms with Gasteiger partial charge < -0.3 is 16.0 Å². The van der Waals surface area contributed by atoms with Crippen LogP contribution in [0.15, 0.2) is 59.6 Å². The maximum Gasteiger partial charge on any atom is 0.243 e. The summed E-state index contributed by atoms with van der Waals surface area (Å²) in [4.78, 5) is 16.1.